The molecule has 7 nitrogen and oxygen atoms in total. The maximum absolute atomic E-state index is 13.2. The molecule has 0 bridgehead atoms. The molecule has 3 rings (SSSR count). The second-order valence-corrected chi connectivity index (χ2v) is 6.90. The van der Waals surface area contributed by atoms with E-state index in [9.17, 15) is 14.4 Å². The van der Waals surface area contributed by atoms with Crippen molar-refractivity contribution in [2.24, 2.45) is 0 Å². The van der Waals surface area contributed by atoms with Crippen LogP contribution in [0.25, 0.3) is 0 Å². The molecule has 1 aliphatic heterocycles. The molecule has 152 valence electrons. The molecule has 0 saturated heterocycles. The van der Waals surface area contributed by atoms with Gasteiger partial charge in [0.1, 0.15) is 0 Å². The number of carbonyl (C=O) groups excluding carboxylic acids is 3. The van der Waals surface area contributed by atoms with Gasteiger partial charge in [-0.1, -0.05) is 48.5 Å². The van der Waals surface area contributed by atoms with Gasteiger partial charge in [-0.3, -0.25) is 14.4 Å². The van der Waals surface area contributed by atoms with Crippen molar-refractivity contribution in [3.05, 3.63) is 71.3 Å². The van der Waals surface area contributed by atoms with Gasteiger partial charge >= 0.3 is 0 Å². The molecule has 2 aromatic carbocycles. The molecule has 0 spiro atoms. The van der Waals surface area contributed by atoms with Crippen LogP contribution >= 0.6 is 0 Å². The summed E-state index contributed by atoms with van der Waals surface area (Å²) >= 11 is 0. The first-order chi connectivity index (χ1) is 14.0. The largest absolute Gasteiger partial charge is 0.383 e. The first kappa shape index (κ1) is 20.5. The van der Waals surface area contributed by atoms with Crippen LogP contribution in [0.2, 0.25) is 0 Å². The van der Waals surface area contributed by atoms with Crippen LogP contribution in [0.5, 0.6) is 0 Å². The third-order valence-electron chi connectivity index (χ3n) is 5.05. The molecule has 2 N–H and O–H groups in total. The number of hydrogen-bond donors (Lipinski definition) is 2. The number of nitrogens with one attached hydrogen (secondary N) is 2. The van der Waals surface area contributed by atoms with Crippen molar-refractivity contribution in [1.82, 2.24) is 15.5 Å². The van der Waals surface area contributed by atoms with E-state index in [1.165, 1.54) is 0 Å². The van der Waals surface area contributed by atoms with Crippen LogP contribution in [0.3, 0.4) is 0 Å². The number of amides is 3. The van der Waals surface area contributed by atoms with Gasteiger partial charge in [-0.25, -0.2) is 0 Å². The number of methoxy groups -OCH3 is 1. The summed E-state index contributed by atoms with van der Waals surface area (Å²) in [5.41, 5.74) is 2.04. The fourth-order valence-electron chi connectivity index (χ4n) is 3.66. The van der Waals surface area contributed by atoms with E-state index in [1.54, 1.807) is 37.3 Å². The van der Waals surface area contributed by atoms with Crippen molar-refractivity contribution < 1.29 is 19.1 Å². The Labute approximate surface area is 170 Å². The van der Waals surface area contributed by atoms with Gasteiger partial charge in [-0.05, 0) is 17.2 Å². The number of hydrogen-bond acceptors (Lipinski definition) is 4. The second kappa shape index (κ2) is 9.34. The topological polar surface area (TPSA) is 87.7 Å². The summed E-state index contributed by atoms with van der Waals surface area (Å²) in [4.78, 5) is 39.6. The van der Waals surface area contributed by atoms with Gasteiger partial charge in [0.2, 0.25) is 11.8 Å². The summed E-state index contributed by atoms with van der Waals surface area (Å²) < 4.78 is 4.90. The lowest BCUT2D eigenvalue weighted by Crippen LogP contribution is -2.47. The fraction of sp³-hybridized carbons (Fsp3) is 0.318. The van der Waals surface area contributed by atoms with Crippen molar-refractivity contribution in [1.29, 1.82) is 0 Å². The first-order valence-electron chi connectivity index (χ1n) is 9.49. The number of rotatable bonds is 7. The SMILES string of the molecule is COCCNC(=O)CNC(=O)[C@@H]1c2ccccc2C(=O)N(C)[C@H]1c1ccccc1. The highest BCUT2D eigenvalue weighted by atomic mass is 16.5. The zero-order chi connectivity index (χ0) is 20.8. The number of likely N-dealkylation sites (N-methyl/N-ethyl adjacent to an activating group) is 1. The number of ether oxygens (including phenoxy) is 1. The molecule has 0 saturated carbocycles. The van der Waals surface area contributed by atoms with Crippen LogP contribution in [0.15, 0.2) is 54.6 Å². The molecule has 3 amide bonds. The van der Waals surface area contributed by atoms with Gasteiger partial charge in [0.15, 0.2) is 0 Å². The van der Waals surface area contributed by atoms with E-state index in [2.05, 4.69) is 10.6 Å². The summed E-state index contributed by atoms with van der Waals surface area (Å²) in [6.45, 7) is 0.639. The predicted molar refractivity (Wildman–Crippen MR) is 108 cm³/mol. The van der Waals surface area contributed by atoms with Crippen LogP contribution in [-0.4, -0.2) is 56.5 Å². The Bertz CT molecular complexity index is 885. The minimum absolute atomic E-state index is 0.129. The fourth-order valence-corrected chi connectivity index (χ4v) is 3.66. The third-order valence-corrected chi connectivity index (χ3v) is 5.05. The maximum Gasteiger partial charge on any atom is 0.254 e. The van der Waals surface area contributed by atoms with Crippen LogP contribution in [0.4, 0.5) is 0 Å². The van der Waals surface area contributed by atoms with Gasteiger partial charge in [0.25, 0.3) is 5.91 Å². The Morgan fingerprint density at radius 2 is 1.72 bits per heavy atom. The summed E-state index contributed by atoms with van der Waals surface area (Å²) in [5.74, 6) is -1.34. The number of benzene rings is 2. The van der Waals surface area contributed by atoms with Crippen molar-refractivity contribution in [2.45, 2.75) is 12.0 Å². The molecule has 0 aliphatic carbocycles. The Hall–Kier alpha value is -3.19. The number of carbonyl (C=O) groups is 3. The Balaban J connectivity index is 1.87. The van der Waals surface area contributed by atoms with Gasteiger partial charge in [0.05, 0.1) is 25.1 Å². The van der Waals surface area contributed by atoms with Gasteiger partial charge < -0.3 is 20.3 Å². The first-order valence-corrected chi connectivity index (χ1v) is 9.49. The molecule has 1 aliphatic rings. The minimum Gasteiger partial charge on any atom is -0.383 e. The lowest BCUT2D eigenvalue weighted by atomic mass is 9.79. The quantitative estimate of drug-likeness (QED) is 0.695. The minimum atomic E-state index is -0.622. The highest BCUT2D eigenvalue weighted by Gasteiger charge is 2.42. The normalized spacial score (nSPS) is 18.1. The van der Waals surface area contributed by atoms with Crippen LogP contribution in [0, 0.1) is 0 Å². The monoisotopic (exact) mass is 395 g/mol. The summed E-state index contributed by atoms with van der Waals surface area (Å²) in [5, 5.41) is 5.40. The van der Waals surface area contributed by atoms with E-state index in [4.69, 9.17) is 4.74 Å². The van der Waals surface area contributed by atoms with E-state index < -0.39 is 12.0 Å². The zero-order valence-corrected chi connectivity index (χ0v) is 16.6. The molecular weight excluding hydrogens is 370 g/mol. The van der Waals surface area contributed by atoms with E-state index in [1.807, 2.05) is 36.4 Å². The van der Waals surface area contributed by atoms with Gasteiger partial charge in [0, 0.05) is 26.3 Å². The van der Waals surface area contributed by atoms with Crippen molar-refractivity contribution in [3.63, 3.8) is 0 Å². The zero-order valence-electron chi connectivity index (χ0n) is 16.6. The van der Waals surface area contributed by atoms with Crippen LogP contribution in [-0.2, 0) is 14.3 Å². The van der Waals surface area contributed by atoms with Crippen molar-refractivity contribution >= 4 is 17.7 Å². The Kier molecular flexibility index (Phi) is 6.61. The van der Waals surface area contributed by atoms with E-state index in [0.29, 0.717) is 24.3 Å². The molecule has 1 heterocycles. The van der Waals surface area contributed by atoms with Crippen molar-refractivity contribution in [2.75, 3.05) is 33.9 Å². The maximum atomic E-state index is 13.2. The van der Waals surface area contributed by atoms with Crippen LogP contribution in [0.1, 0.15) is 33.4 Å². The van der Waals surface area contributed by atoms with E-state index in [-0.39, 0.29) is 24.3 Å². The lowest BCUT2D eigenvalue weighted by molar-refractivity contribution is -0.128. The molecule has 2 atom stereocenters. The molecule has 2 aromatic rings. The molecule has 7 heteroatoms. The average molecular weight is 395 g/mol. The molecule has 0 fully saturated rings. The number of nitrogens with zero attached hydrogens (tertiary/aromatic N) is 1. The predicted octanol–water partition coefficient (Wildman–Crippen LogP) is 1.48. The highest BCUT2D eigenvalue weighted by molar-refractivity contribution is 6.01. The summed E-state index contributed by atoms with van der Waals surface area (Å²) in [7, 11) is 3.25. The summed E-state index contributed by atoms with van der Waals surface area (Å²) in [6, 6.07) is 16.1. The van der Waals surface area contributed by atoms with Gasteiger partial charge in [-0.2, -0.15) is 0 Å². The third kappa shape index (κ3) is 4.46. The highest BCUT2D eigenvalue weighted by Crippen LogP contribution is 2.41. The second-order valence-electron chi connectivity index (χ2n) is 6.90. The van der Waals surface area contributed by atoms with E-state index >= 15 is 0 Å². The smallest absolute Gasteiger partial charge is 0.254 e. The Morgan fingerprint density at radius 3 is 2.45 bits per heavy atom. The average Bonchev–Trinajstić information content (AvgIpc) is 2.75. The number of fused-ring (bicyclic) bond motifs is 1. The molecule has 0 aromatic heterocycles. The van der Waals surface area contributed by atoms with E-state index in [0.717, 1.165) is 5.56 Å². The van der Waals surface area contributed by atoms with Gasteiger partial charge in [-0.15, -0.1) is 0 Å². The molecular formula is C22H25N3O4. The van der Waals surface area contributed by atoms with Crippen LogP contribution < -0.4 is 10.6 Å². The van der Waals surface area contributed by atoms with Crippen molar-refractivity contribution in [3.8, 4) is 0 Å². The molecule has 29 heavy (non-hydrogen) atoms. The standard InChI is InChI=1S/C22H25N3O4/c1-25-20(15-8-4-3-5-9-15)19(16-10-6-7-11-17(16)22(25)28)21(27)24-14-18(26)23-12-13-29-2/h3-11,19-20H,12-14H2,1-2H3,(H,23,26)(H,24,27)/t19-,20+/m1/s1. The lowest BCUT2D eigenvalue weighted by Gasteiger charge is -2.39. The summed E-state index contributed by atoms with van der Waals surface area (Å²) in [6.07, 6.45) is 0. The Morgan fingerprint density at radius 1 is 1.03 bits per heavy atom. The molecule has 0 unspecified atom stereocenters. The molecule has 0 radical (unpaired) electrons.